The maximum Gasteiger partial charge on any atom is 0.343 e. The van der Waals surface area contributed by atoms with Crippen molar-refractivity contribution in [2.24, 2.45) is 16.7 Å². The molecular formula is C21H28O7. The highest BCUT2D eigenvalue weighted by atomic mass is 16.6. The van der Waals surface area contributed by atoms with E-state index in [9.17, 15) is 19.5 Å². The summed E-state index contributed by atoms with van der Waals surface area (Å²) < 4.78 is 10.9. The summed E-state index contributed by atoms with van der Waals surface area (Å²) >= 11 is 0. The van der Waals surface area contributed by atoms with Gasteiger partial charge in [-0.05, 0) is 30.8 Å². The third-order valence-electron chi connectivity index (χ3n) is 6.72. The highest BCUT2D eigenvalue weighted by Gasteiger charge is 2.69. The van der Waals surface area contributed by atoms with Gasteiger partial charge in [-0.1, -0.05) is 33.3 Å². The molecule has 2 aliphatic carbocycles. The molecule has 0 radical (unpaired) electrons. The molecule has 0 unspecified atom stereocenters. The normalized spacial score (nSPS) is 36.3. The molecule has 0 amide bonds. The van der Waals surface area contributed by atoms with Gasteiger partial charge in [0.25, 0.3) is 0 Å². The zero-order valence-electron chi connectivity index (χ0n) is 16.6. The van der Waals surface area contributed by atoms with E-state index in [0.717, 1.165) is 12.8 Å². The second kappa shape index (κ2) is 7.03. The lowest BCUT2D eigenvalue weighted by molar-refractivity contribution is -0.194. The lowest BCUT2D eigenvalue weighted by Gasteiger charge is -2.59. The van der Waals surface area contributed by atoms with E-state index < -0.39 is 35.0 Å². The van der Waals surface area contributed by atoms with Crippen LogP contribution in [-0.4, -0.2) is 46.4 Å². The standard InChI is InChI=1S/C21H28O7/c1-19(2)9-6-10-20(3)17(19)14(11-13-12-27-18(25)21(13,20)26)28-16(24)8-5-4-7-15(22)23/h5,8,11,14,17,26H,4,6-7,9-10,12H2,1-3H3,(H,22,23)/b8-5+/t14-,17+,20+,21+/m0/s1. The quantitative estimate of drug-likeness (QED) is 0.420. The summed E-state index contributed by atoms with van der Waals surface area (Å²) in [5, 5.41) is 20.1. The predicted octanol–water partition coefficient (Wildman–Crippen LogP) is 2.38. The number of carboxylic acid groups (broad SMARTS) is 1. The lowest BCUT2D eigenvalue weighted by atomic mass is 9.46. The fourth-order valence-corrected chi connectivity index (χ4v) is 5.51. The molecule has 0 aromatic heterocycles. The summed E-state index contributed by atoms with van der Waals surface area (Å²) in [7, 11) is 0. The van der Waals surface area contributed by atoms with Crippen molar-refractivity contribution in [2.45, 2.75) is 64.6 Å². The number of ether oxygens (including phenoxy) is 2. The molecule has 3 aliphatic rings. The molecule has 28 heavy (non-hydrogen) atoms. The van der Waals surface area contributed by atoms with Crippen LogP contribution in [0, 0.1) is 16.7 Å². The Bertz CT molecular complexity index is 750. The average molecular weight is 392 g/mol. The molecule has 0 bridgehead atoms. The third-order valence-corrected chi connectivity index (χ3v) is 6.72. The molecule has 154 valence electrons. The van der Waals surface area contributed by atoms with Crippen LogP contribution in [0.4, 0.5) is 0 Å². The van der Waals surface area contributed by atoms with Gasteiger partial charge in [0.1, 0.15) is 12.7 Å². The monoisotopic (exact) mass is 392 g/mol. The van der Waals surface area contributed by atoms with E-state index in [-0.39, 0.29) is 30.8 Å². The number of aliphatic hydroxyl groups is 1. The summed E-state index contributed by atoms with van der Waals surface area (Å²) in [5.41, 5.74) is -2.28. The van der Waals surface area contributed by atoms with Crippen LogP contribution in [0.3, 0.4) is 0 Å². The van der Waals surface area contributed by atoms with Gasteiger partial charge in [-0.15, -0.1) is 0 Å². The van der Waals surface area contributed by atoms with Gasteiger partial charge in [0, 0.05) is 29.4 Å². The van der Waals surface area contributed by atoms with E-state index in [0.29, 0.717) is 12.0 Å². The minimum atomic E-state index is -1.68. The van der Waals surface area contributed by atoms with Gasteiger partial charge >= 0.3 is 17.9 Å². The Labute approximate surface area is 164 Å². The van der Waals surface area contributed by atoms with Crippen molar-refractivity contribution in [3.63, 3.8) is 0 Å². The minimum absolute atomic E-state index is 0.000569. The van der Waals surface area contributed by atoms with Gasteiger partial charge in [0.15, 0.2) is 5.60 Å². The van der Waals surface area contributed by atoms with E-state index in [4.69, 9.17) is 14.6 Å². The zero-order valence-corrected chi connectivity index (χ0v) is 16.6. The number of rotatable bonds is 5. The second-order valence-electron chi connectivity index (χ2n) is 8.95. The van der Waals surface area contributed by atoms with Crippen LogP contribution >= 0.6 is 0 Å². The molecule has 1 saturated heterocycles. The van der Waals surface area contributed by atoms with Gasteiger partial charge in [-0.3, -0.25) is 4.79 Å². The number of cyclic esters (lactones) is 1. The molecule has 7 heteroatoms. The molecule has 1 saturated carbocycles. The van der Waals surface area contributed by atoms with Crippen molar-refractivity contribution in [1.29, 1.82) is 0 Å². The lowest BCUT2D eigenvalue weighted by Crippen LogP contribution is -2.65. The SMILES string of the molecule is CC1(C)CCC[C@]2(C)[C@@H]1[C@@H](OC(=O)/C=C/CCC(=O)O)C=C1COC(=O)[C@]12O. The van der Waals surface area contributed by atoms with Crippen LogP contribution in [0.15, 0.2) is 23.8 Å². The van der Waals surface area contributed by atoms with Crippen molar-refractivity contribution >= 4 is 17.9 Å². The maximum absolute atomic E-state index is 12.5. The third kappa shape index (κ3) is 3.15. The first-order valence-electron chi connectivity index (χ1n) is 9.72. The predicted molar refractivity (Wildman–Crippen MR) is 99.1 cm³/mol. The molecule has 0 aromatic rings. The smallest absolute Gasteiger partial charge is 0.343 e. The molecule has 2 N–H and O–H groups in total. The van der Waals surface area contributed by atoms with Gasteiger partial charge in [-0.2, -0.15) is 0 Å². The zero-order chi connectivity index (χ0) is 20.7. The summed E-state index contributed by atoms with van der Waals surface area (Å²) in [6, 6.07) is 0. The molecular weight excluding hydrogens is 364 g/mol. The molecule has 0 spiro atoms. The van der Waals surface area contributed by atoms with E-state index >= 15 is 0 Å². The number of carboxylic acids is 1. The Balaban J connectivity index is 1.90. The number of carbonyl (C=O) groups excluding carboxylic acids is 2. The van der Waals surface area contributed by atoms with Crippen LogP contribution in [0.1, 0.15) is 52.9 Å². The number of hydrogen-bond acceptors (Lipinski definition) is 6. The van der Waals surface area contributed by atoms with Gasteiger partial charge in [0.2, 0.25) is 0 Å². The Morgan fingerprint density at radius 3 is 2.71 bits per heavy atom. The van der Waals surface area contributed by atoms with Crippen molar-refractivity contribution in [2.75, 3.05) is 6.61 Å². The first-order valence-corrected chi connectivity index (χ1v) is 9.72. The van der Waals surface area contributed by atoms with Crippen LogP contribution < -0.4 is 0 Å². The van der Waals surface area contributed by atoms with Gasteiger partial charge < -0.3 is 19.7 Å². The van der Waals surface area contributed by atoms with Crippen molar-refractivity contribution in [1.82, 2.24) is 0 Å². The number of hydrogen-bond donors (Lipinski definition) is 2. The van der Waals surface area contributed by atoms with E-state index in [1.165, 1.54) is 12.2 Å². The number of esters is 2. The Kier molecular flexibility index (Phi) is 5.17. The van der Waals surface area contributed by atoms with Crippen LogP contribution in [0.2, 0.25) is 0 Å². The largest absolute Gasteiger partial charge is 0.481 e. The van der Waals surface area contributed by atoms with Crippen LogP contribution in [0.5, 0.6) is 0 Å². The number of aliphatic carboxylic acids is 1. The van der Waals surface area contributed by atoms with E-state index in [1.807, 2.05) is 6.92 Å². The van der Waals surface area contributed by atoms with E-state index in [2.05, 4.69) is 13.8 Å². The average Bonchev–Trinajstić information content (AvgIpc) is 2.87. The Morgan fingerprint density at radius 1 is 1.32 bits per heavy atom. The molecule has 4 atom stereocenters. The molecule has 3 rings (SSSR count). The maximum atomic E-state index is 12.5. The van der Waals surface area contributed by atoms with Crippen molar-refractivity contribution < 1.29 is 34.1 Å². The van der Waals surface area contributed by atoms with E-state index in [1.54, 1.807) is 6.08 Å². The van der Waals surface area contributed by atoms with Crippen LogP contribution in [-0.2, 0) is 23.9 Å². The summed E-state index contributed by atoms with van der Waals surface area (Å²) in [6.45, 7) is 6.03. The summed E-state index contributed by atoms with van der Waals surface area (Å²) in [4.78, 5) is 35.4. The van der Waals surface area contributed by atoms with Crippen LogP contribution in [0.25, 0.3) is 0 Å². The second-order valence-corrected chi connectivity index (χ2v) is 8.95. The Hall–Kier alpha value is -2.15. The minimum Gasteiger partial charge on any atom is -0.481 e. The molecule has 7 nitrogen and oxygen atoms in total. The first kappa shape index (κ1) is 20.6. The topological polar surface area (TPSA) is 110 Å². The van der Waals surface area contributed by atoms with Gasteiger partial charge in [0.05, 0.1) is 0 Å². The molecule has 2 fully saturated rings. The first-order chi connectivity index (χ1) is 13.0. The number of carbonyl (C=O) groups is 3. The molecule has 0 aromatic carbocycles. The Morgan fingerprint density at radius 2 is 2.04 bits per heavy atom. The summed E-state index contributed by atoms with van der Waals surface area (Å²) in [6.07, 6.45) is 6.37. The number of fused-ring (bicyclic) bond motifs is 3. The highest BCUT2D eigenvalue weighted by Crippen LogP contribution is 2.63. The number of allylic oxidation sites excluding steroid dienone is 1. The molecule has 1 heterocycles. The molecule has 1 aliphatic heterocycles. The fraction of sp³-hybridized carbons (Fsp3) is 0.667. The highest BCUT2D eigenvalue weighted by molar-refractivity contribution is 5.88. The van der Waals surface area contributed by atoms with Gasteiger partial charge in [-0.25, -0.2) is 9.59 Å². The van der Waals surface area contributed by atoms with Crippen molar-refractivity contribution in [3.8, 4) is 0 Å². The fourth-order valence-electron chi connectivity index (χ4n) is 5.51. The van der Waals surface area contributed by atoms with Crippen molar-refractivity contribution in [3.05, 3.63) is 23.8 Å². The summed E-state index contributed by atoms with van der Waals surface area (Å²) in [5.74, 6) is -2.38.